The molecule has 0 saturated carbocycles. The summed E-state index contributed by atoms with van der Waals surface area (Å²) in [4.78, 5) is 5.20. The minimum absolute atomic E-state index is 0.349. The Labute approximate surface area is 73.4 Å². The van der Waals surface area contributed by atoms with E-state index in [1.165, 1.54) is 0 Å². The van der Waals surface area contributed by atoms with Gasteiger partial charge in [-0.2, -0.15) is 18.1 Å². The van der Waals surface area contributed by atoms with E-state index in [9.17, 15) is 0 Å². The van der Waals surface area contributed by atoms with Crippen LogP contribution in [0.4, 0.5) is 0 Å². The number of nitrogens with one attached hydrogen (secondary N) is 1. The molecule has 0 amide bonds. The fourth-order valence-electron chi connectivity index (χ4n) is 1.00. The van der Waals surface area contributed by atoms with Crippen molar-refractivity contribution >= 4 is 12.6 Å². The molecule has 0 saturated heterocycles. The molecule has 2 nitrogen and oxygen atoms in total. The van der Waals surface area contributed by atoms with Crippen LogP contribution in [-0.2, 0) is 4.84 Å². The van der Waals surface area contributed by atoms with Gasteiger partial charge in [-0.05, 0) is 19.4 Å². The maximum atomic E-state index is 5.20. The minimum atomic E-state index is 0.349. The average molecular weight is 173 g/mol. The highest BCUT2D eigenvalue weighted by Gasteiger charge is 2.14. The van der Waals surface area contributed by atoms with Crippen LogP contribution in [0.3, 0.4) is 0 Å². The van der Waals surface area contributed by atoms with Gasteiger partial charge in [0.1, 0.15) is 5.76 Å². The first-order valence-corrected chi connectivity index (χ1v) is 4.55. The van der Waals surface area contributed by atoms with Crippen molar-refractivity contribution in [3.05, 3.63) is 11.8 Å². The zero-order valence-electron chi connectivity index (χ0n) is 7.00. The Morgan fingerprint density at radius 3 is 3.00 bits per heavy atom. The molecule has 0 aromatic carbocycles. The molecule has 0 radical (unpaired) electrons. The van der Waals surface area contributed by atoms with Crippen molar-refractivity contribution in [2.24, 2.45) is 0 Å². The first-order chi connectivity index (χ1) is 5.22. The predicted octanol–water partition coefficient (Wildman–Crippen LogP) is 1.89. The van der Waals surface area contributed by atoms with Gasteiger partial charge in [0, 0.05) is 11.7 Å². The standard InChI is InChI=1S/C8H15NOS/c1-3-8(11)5-7-4-6(2)9-10-7/h4,6,8-9,11H,3,5H2,1-2H3. The molecule has 2 atom stereocenters. The van der Waals surface area contributed by atoms with E-state index in [2.05, 4.69) is 38.0 Å². The van der Waals surface area contributed by atoms with Crippen molar-refractivity contribution in [1.29, 1.82) is 0 Å². The van der Waals surface area contributed by atoms with Crippen LogP contribution in [0.5, 0.6) is 0 Å². The summed E-state index contributed by atoms with van der Waals surface area (Å²) in [6.45, 7) is 4.19. The molecular weight excluding hydrogens is 158 g/mol. The number of hydrogen-bond acceptors (Lipinski definition) is 3. The quantitative estimate of drug-likeness (QED) is 0.636. The fourth-order valence-corrected chi connectivity index (χ4v) is 1.18. The van der Waals surface area contributed by atoms with E-state index < -0.39 is 0 Å². The van der Waals surface area contributed by atoms with Gasteiger partial charge >= 0.3 is 0 Å². The van der Waals surface area contributed by atoms with E-state index >= 15 is 0 Å². The molecule has 2 unspecified atom stereocenters. The van der Waals surface area contributed by atoms with Gasteiger partial charge in [0.25, 0.3) is 0 Å². The average Bonchev–Trinajstić information content (AvgIpc) is 2.35. The maximum absolute atomic E-state index is 5.20. The summed E-state index contributed by atoms with van der Waals surface area (Å²) in [5.74, 6) is 1.03. The number of allylic oxidation sites excluding steroid dienone is 1. The summed E-state index contributed by atoms with van der Waals surface area (Å²) in [6, 6.07) is 0.349. The Kier molecular flexibility index (Phi) is 3.27. The number of hydrogen-bond donors (Lipinski definition) is 2. The van der Waals surface area contributed by atoms with Crippen LogP contribution in [0, 0.1) is 0 Å². The lowest BCUT2D eigenvalue weighted by Crippen LogP contribution is -2.16. The number of rotatable bonds is 3. The Morgan fingerprint density at radius 2 is 2.55 bits per heavy atom. The van der Waals surface area contributed by atoms with E-state index in [0.29, 0.717) is 11.3 Å². The van der Waals surface area contributed by atoms with Gasteiger partial charge in [-0.15, -0.1) is 0 Å². The summed E-state index contributed by atoms with van der Waals surface area (Å²) in [5, 5.41) is 0.424. The van der Waals surface area contributed by atoms with E-state index in [-0.39, 0.29) is 0 Å². The number of hydroxylamine groups is 1. The SMILES string of the molecule is CCC(S)CC1=CC(C)NO1. The van der Waals surface area contributed by atoms with Gasteiger partial charge in [0.2, 0.25) is 0 Å². The van der Waals surface area contributed by atoms with Crippen LogP contribution in [0.1, 0.15) is 26.7 Å². The third-order valence-electron chi connectivity index (χ3n) is 1.72. The first kappa shape index (κ1) is 8.94. The zero-order valence-corrected chi connectivity index (χ0v) is 7.90. The van der Waals surface area contributed by atoms with E-state index in [1.54, 1.807) is 0 Å². The summed E-state index contributed by atoms with van der Waals surface area (Å²) in [5.41, 5.74) is 2.87. The Hall–Kier alpha value is -0.150. The lowest BCUT2D eigenvalue weighted by molar-refractivity contribution is 0.114. The lowest BCUT2D eigenvalue weighted by Gasteiger charge is -2.07. The van der Waals surface area contributed by atoms with Gasteiger partial charge in [-0.1, -0.05) is 6.92 Å². The Balaban J connectivity index is 2.32. The molecule has 0 aromatic heterocycles. The second-order valence-corrected chi connectivity index (χ2v) is 3.64. The van der Waals surface area contributed by atoms with Gasteiger partial charge in [0.05, 0.1) is 6.04 Å². The molecule has 0 fully saturated rings. The third-order valence-corrected chi connectivity index (χ3v) is 2.27. The highest BCUT2D eigenvalue weighted by molar-refractivity contribution is 7.80. The van der Waals surface area contributed by atoms with Gasteiger partial charge in [0.15, 0.2) is 0 Å². The summed E-state index contributed by atoms with van der Waals surface area (Å²) in [6.07, 6.45) is 4.11. The topological polar surface area (TPSA) is 21.3 Å². The molecule has 11 heavy (non-hydrogen) atoms. The van der Waals surface area contributed by atoms with Crippen LogP contribution in [0.25, 0.3) is 0 Å². The molecule has 0 aliphatic carbocycles. The minimum Gasteiger partial charge on any atom is -0.413 e. The van der Waals surface area contributed by atoms with Crippen LogP contribution < -0.4 is 5.48 Å². The van der Waals surface area contributed by atoms with Crippen molar-refractivity contribution in [1.82, 2.24) is 5.48 Å². The highest BCUT2D eigenvalue weighted by Crippen LogP contribution is 2.17. The van der Waals surface area contributed by atoms with Crippen molar-refractivity contribution in [2.45, 2.75) is 38.0 Å². The van der Waals surface area contributed by atoms with Crippen molar-refractivity contribution in [3.8, 4) is 0 Å². The van der Waals surface area contributed by atoms with Gasteiger partial charge in [-0.25, -0.2) is 0 Å². The van der Waals surface area contributed by atoms with E-state index in [0.717, 1.165) is 18.6 Å². The first-order valence-electron chi connectivity index (χ1n) is 4.03. The largest absolute Gasteiger partial charge is 0.413 e. The maximum Gasteiger partial charge on any atom is 0.123 e. The molecule has 1 aliphatic heterocycles. The van der Waals surface area contributed by atoms with E-state index in [4.69, 9.17) is 4.84 Å². The Bertz CT molecular complexity index is 158. The second kappa shape index (κ2) is 4.02. The molecule has 1 aliphatic rings. The van der Waals surface area contributed by atoms with Crippen molar-refractivity contribution < 1.29 is 4.84 Å². The molecule has 0 bridgehead atoms. The van der Waals surface area contributed by atoms with Crippen LogP contribution >= 0.6 is 12.6 Å². The predicted molar refractivity (Wildman–Crippen MR) is 49.4 cm³/mol. The molecular formula is C8H15NOS. The summed E-state index contributed by atoms with van der Waals surface area (Å²) in [7, 11) is 0. The second-order valence-electron chi connectivity index (χ2n) is 2.91. The molecule has 1 N–H and O–H groups in total. The summed E-state index contributed by atoms with van der Waals surface area (Å²) < 4.78 is 0. The zero-order chi connectivity index (χ0) is 8.27. The fraction of sp³-hybridized carbons (Fsp3) is 0.750. The van der Waals surface area contributed by atoms with Crippen molar-refractivity contribution in [2.75, 3.05) is 0 Å². The van der Waals surface area contributed by atoms with Crippen LogP contribution in [0.2, 0.25) is 0 Å². The highest BCUT2D eigenvalue weighted by atomic mass is 32.1. The van der Waals surface area contributed by atoms with Gasteiger partial charge in [-0.3, -0.25) is 0 Å². The molecule has 1 rings (SSSR count). The molecule has 3 heteroatoms. The third kappa shape index (κ3) is 2.75. The molecule has 0 aromatic rings. The summed E-state index contributed by atoms with van der Waals surface area (Å²) >= 11 is 4.39. The monoisotopic (exact) mass is 173 g/mol. The van der Waals surface area contributed by atoms with Crippen LogP contribution in [-0.4, -0.2) is 11.3 Å². The smallest absolute Gasteiger partial charge is 0.123 e. The number of thiol groups is 1. The van der Waals surface area contributed by atoms with Crippen LogP contribution in [0.15, 0.2) is 11.8 Å². The lowest BCUT2D eigenvalue weighted by atomic mass is 10.2. The molecule has 64 valence electrons. The van der Waals surface area contributed by atoms with Crippen molar-refractivity contribution in [3.63, 3.8) is 0 Å². The normalized spacial score (nSPS) is 26.1. The van der Waals surface area contributed by atoms with Gasteiger partial charge < -0.3 is 4.84 Å². The molecule has 0 spiro atoms. The molecule has 1 heterocycles. The van der Waals surface area contributed by atoms with E-state index in [1.807, 2.05) is 0 Å². The Morgan fingerprint density at radius 1 is 1.82 bits per heavy atom.